The lowest BCUT2D eigenvalue weighted by atomic mass is 9.91. The Kier molecular flexibility index (Phi) is 13.5. The summed E-state index contributed by atoms with van der Waals surface area (Å²) in [5.74, 6) is -0.688. The number of nitrogens with zero attached hydrogens (tertiary/aromatic N) is 6. The van der Waals surface area contributed by atoms with Crippen LogP contribution >= 0.6 is 0 Å². The highest BCUT2D eigenvalue weighted by molar-refractivity contribution is 6.43. The number of para-hydroxylation sites is 2. The standard InChI is InChI=1S/C88H56F2N6/c89-75-55-61(57-25-7-1-8-26-57)53-73(59-29-11-3-12-30-59)85(75)93(63-33-15-5-16-34-63)65-43-47-67(48-44-65)95-77-41-23-51-91-83(77)81-71-39-21-20-38-70(71)80-79(87(81)95)69-37-19-22-40-72(69)82-84-78(42-24-52-92-84)96(88(80)82)68-49-45-66(46-50-68)94(64-35-17-6-18-36-64)86-74(60-31-13-4-14-32-60)54-62(56-76(86)90)58-27-9-2-10-28-58/h1-56H. The van der Waals surface area contributed by atoms with Crippen molar-refractivity contribution in [2.75, 3.05) is 9.80 Å². The molecule has 14 aromatic carbocycles. The summed E-state index contributed by atoms with van der Waals surface area (Å²) in [4.78, 5) is 14.6. The zero-order chi connectivity index (χ0) is 63.8. The summed E-state index contributed by atoms with van der Waals surface area (Å²) in [6, 6.07) is 111. The number of hydrogen-bond acceptors (Lipinski definition) is 4. The molecule has 0 atom stereocenters. The van der Waals surface area contributed by atoms with Gasteiger partial charge in [0.15, 0.2) is 0 Å². The Morgan fingerprint density at radius 1 is 0.260 bits per heavy atom. The van der Waals surface area contributed by atoms with Crippen LogP contribution in [0.1, 0.15) is 0 Å². The minimum Gasteiger partial charge on any atom is -0.307 e. The number of fused-ring (bicyclic) bond motifs is 15. The first-order valence-corrected chi connectivity index (χ1v) is 32.3. The quantitative estimate of drug-likeness (QED) is 0.114. The lowest BCUT2D eigenvalue weighted by molar-refractivity contribution is 0.629. The molecule has 0 spiro atoms. The van der Waals surface area contributed by atoms with Crippen molar-refractivity contribution in [1.82, 2.24) is 19.1 Å². The maximum absolute atomic E-state index is 17.7. The minimum absolute atomic E-state index is 0.344. The number of pyridine rings is 2. The molecule has 4 heterocycles. The molecule has 18 aromatic rings. The Morgan fingerprint density at radius 2 is 0.562 bits per heavy atom. The van der Waals surface area contributed by atoms with Crippen LogP contribution in [0.3, 0.4) is 0 Å². The summed E-state index contributed by atoms with van der Waals surface area (Å²) in [6.45, 7) is 0. The van der Waals surface area contributed by atoms with Gasteiger partial charge in [-0.15, -0.1) is 0 Å². The molecule has 4 aromatic heterocycles. The molecule has 0 radical (unpaired) electrons. The van der Waals surface area contributed by atoms with E-state index < -0.39 is 0 Å². The van der Waals surface area contributed by atoms with Crippen molar-refractivity contribution in [3.63, 3.8) is 0 Å². The van der Waals surface area contributed by atoms with E-state index >= 15 is 8.78 Å². The molecule has 0 aliphatic rings. The highest BCUT2D eigenvalue weighted by Crippen LogP contribution is 2.52. The monoisotopic (exact) mass is 1230 g/mol. The summed E-state index contributed by atoms with van der Waals surface area (Å²) in [5, 5.41) is 8.45. The molecule has 0 saturated heterocycles. The van der Waals surface area contributed by atoms with Gasteiger partial charge in [-0.05, 0) is 176 Å². The van der Waals surface area contributed by atoms with Gasteiger partial charge in [-0.2, -0.15) is 0 Å². The van der Waals surface area contributed by atoms with E-state index in [2.05, 4.69) is 130 Å². The van der Waals surface area contributed by atoms with Crippen LogP contribution in [0.5, 0.6) is 0 Å². The summed E-state index contributed by atoms with van der Waals surface area (Å²) >= 11 is 0. The molecule has 0 aliphatic heterocycles. The Hall–Kier alpha value is -12.8. The van der Waals surface area contributed by atoms with Crippen LogP contribution in [-0.2, 0) is 0 Å². The maximum atomic E-state index is 17.7. The highest BCUT2D eigenvalue weighted by atomic mass is 19.1. The van der Waals surface area contributed by atoms with Crippen molar-refractivity contribution < 1.29 is 8.78 Å². The normalized spacial score (nSPS) is 11.6. The predicted molar refractivity (Wildman–Crippen MR) is 394 cm³/mol. The molecule has 0 saturated carbocycles. The van der Waals surface area contributed by atoms with Crippen molar-refractivity contribution in [3.8, 4) is 55.9 Å². The average molecular weight is 1240 g/mol. The van der Waals surface area contributed by atoms with Crippen molar-refractivity contribution in [3.05, 3.63) is 352 Å². The summed E-state index contributed by atoms with van der Waals surface area (Å²) < 4.78 is 40.2. The van der Waals surface area contributed by atoms with Gasteiger partial charge in [0.1, 0.15) is 11.6 Å². The van der Waals surface area contributed by atoms with Gasteiger partial charge in [0.2, 0.25) is 0 Å². The van der Waals surface area contributed by atoms with Gasteiger partial charge in [-0.3, -0.25) is 9.97 Å². The number of halogens is 2. The third kappa shape index (κ3) is 9.13. The second-order valence-electron chi connectivity index (χ2n) is 24.2. The zero-order valence-electron chi connectivity index (χ0n) is 51.8. The molecule has 0 N–H and O–H groups in total. The number of rotatable bonds is 12. The van der Waals surface area contributed by atoms with E-state index in [0.29, 0.717) is 11.4 Å². The zero-order valence-corrected chi connectivity index (χ0v) is 51.8. The van der Waals surface area contributed by atoms with Crippen LogP contribution in [0, 0.1) is 11.6 Å². The second kappa shape index (κ2) is 23.1. The number of hydrogen-bond donors (Lipinski definition) is 0. The second-order valence-corrected chi connectivity index (χ2v) is 24.2. The smallest absolute Gasteiger partial charge is 0.148 e. The lowest BCUT2D eigenvalue weighted by Crippen LogP contribution is -2.13. The van der Waals surface area contributed by atoms with Crippen LogP contribution < -0.4 is 9.80 Å². The fraction of sp³-hybridized carbons (Fsp3) is 0. The minimum atomic E-state index is -0.344. The van der Waals surface area contributed by atoms with Gasteiger partial charge in [0, 0.05) is 79.2 Å². The third-order valence-electron chi connectivity index (χ3n) is 18.8. The number of aromatic nitrogens is 4. The van der Waals surface area contributed by atoms with E-state index in [1.807, 2.05) is 216 Å². The largest absolute Gasteiger partial charge is 0.307 e. The van der Waals surface area contributed by atoms with Gasteiger partial charge in [0.25, 0.3) is 0 Å². The van der Waals surface area contributed by atoms with Crippen LogP contribution in [-0.4, -0.2) is 19.1 Å². The molecule has 0 unspecified atom stereocenters. The number of anilines is 6. The maximum Gasteiger partial charge on any atom is 0.148 e. The Morgan fingerprint density at radius 3 is 0.917 bits per heavy atom. The van der Waals surface area contributed by atoms with E-state index in [1.54, 1.807) is 12.1 Å². The first-order chi connectivity index (χ1) is 47.5. The van der Waals surface area contributed by atoms with Crippen LogP contribution in [0.4, 0.5) is 42.9 Å². The molecule has 452 valence electrons. The SMILES string of the molecule is Fc1cc(-c2ccccc2)cc(-c2ccccc2)c1N(c1ccccc1)c1ccc(-n2c3cccnc3c3c4ccccc4c4c(c5ccccc5c5c6ncccc6n(-c6ccc(N(c7ccccc7)c7c(F)cc(-c8ccccc8)cc7-c7ccccc7)cc6)c54)c32)cc1. The van der Waals surface area contributed by atoms with Crippen molar-refractivity contribution >= 4 is 110 Å². The van der Waals surface area contributed by atoms with Gasteiger partial charge in [-0.1, -0.05) is 206 Å². The molecule has 0 fully saturated rings. The fourth-order valence-electron chi connectivity index (χ4n) is 14.7. The van der Waals surface area contributed by atoms with Crippen molar-refractivity contribution in [2.45, 2.75) is 0 Å². The van der Waals surface area contributed by atoms with Crippen molar-refractivity contribution in [1.29, 1.82) is 0 Å². The van der Waals surface area contributed by atoms with Crippen molar-refractivity contribution in [2.24, 2.45) is 0 Å². The van der Waals surface area contributed by atoms with Crippen LogP contribution in [0.25, 0.3) is 132 Å². The molecule has 18 rings (SSSR count). The average Bonchev–Trinajstić information content (AvgIpc) is 1.48. The van der Waals surface area contributed by atoms with Crippen LogP contribution in [0.15, 0.2) is 340 Å². The Labute approximate surface area is 552 Å². The molecule has 8 heteroatoms. The summed E-state index contributed by atoms with van der Waals surface area (Å²) in [5.41, 5.74) is 18.3. The first-order valence-electron chi connectivity index (χ1n) is 32.3. The lowest BCUT2D eigenvalue weighted by Gasteiger charge is -2.29. The van der Waals surface area contributed by atoms with E-state index in [4.69, 9.17) is 9.97 Å². The predicted octanol–water partition coefficient (Wildman–Crippen LogP) is 24.0. The topological polar surface area (TPSA) is 42.1 Å². The van der Waals surface area contributed by atoms with E-state index in [0.717, 1.165) is 155 Å². The Bertz CT molecular complexity index is 5630. The molecular formula is C88H56F2N6. The van der Waals surface area contributed by atoms with E-state index in [9.17, 15) is 0 Å². The molecule has 96 heavy (non-hydrogen) atoms. The highest BCUT2D eigenvalue weighted by Gasteiger charge is 2.30. The van der Waals surface area contributed by atoms with Gasteiger partial charge >= 0.3 is 0 Å². The molecule has 0 amide bonds. The first kappa shape index (κ1) is 56.0. The van der Waals surface area contributed by atoms with Gasteiger partial charge < -0.3 is 18.9 Å². The van der Waals surface area contributed by atoms with Gasteiger partial charge in [0.05, 0.1) is 44.5 Å². The summed E-state index contributed by atoms with van der Waals surface area (Å²) in [7, 11) is 0. The van der Waals surface area contributed by atoms with Crippen LogP contribution in [0.2, 0.25) is 0 Å². The molecule has 6 nitrogen and oxygen atoms in total. The summed E-state index contributed by atoms with van der Waals surface area (Å²) in [6.07, 6.45) is 3.77. The molecular weight excluding hydrogens is 1180 g/mol. The molecule has 0 bridgehead atoms. The fourth-order valence-corrected chi connectivity index (χ4v) is 14.7. The third-order valence-corrected chi connectivity index (χ3v) is 18.8. The Balaban J connectivity index is 0.869. The molecule has 0 aliphatic carbocycles. The number of benzene rings is 14. The van der Waals surface area contributed by atoms with Gasteiger partial charge in [-0.25, -0.2) is 8.78 Å². The van der Waals surface area contributed by atoms with E-state index in [1.165, 1.54) is 0 Å². The van der Waals surface area contributed by atoms with E-state index in [-0.39, 0.29) is 11.6 Å².